The molecule has 43 heavy (non-hydrogen) atoms. The second-order valence-electron chi connectivity index (χ2n) is 12.1. The van der Waals surface area contributed by atoms with Crippen LogP contribution in [0, 0.1) is 0 Å². The molecule has 0 aliphatic rings. The van der Waals surface area contributed by atoms with Crippen molar-refractivity contribution in [1.29, 1.82) is 0 Å². The number of aliphatic hydroxyl groups is 1. The van der Waals surface area contributed by atoms with Gasteiger partial charge in [-0.2, -0.15) is 0 Å². The Morgan fingerprint density at radius 2 is 0.977 bits per heavy atom. The van der Waals surface area contributed by atoms with Crippen LogP contribution in [0.15, 0.2) is 58.3 Å². The zero-order chi connectivity index (χ0) is 30.9. The van der Waals surface area contributed by atoms with Crippen LogP contribution < -0.4 is 0 Å². The Balaban J connectivity index is 1.51. The summed E-state index contributed by atoms with van der Waals surface area (Å²) in [4.78, 5) is 1.71. The molecule has 3 nitrogen and oxygen atoms in total. The van der Waals surface area contributed by atoms with Crippen LogP contribution >= 0.6 is 11.8 Å². The minimum Gasteiger partial charge on any atom is -0.396 e. The van der Waals surface area contributed by atoms with Gasteiger partial charge in [0.05, 0.1) is 10.6 Å². The highest BCUT2D eigenvalue weighted by molar-refractivity contribution is 7.99. The molecule has 0 aromatic heterocycles. The van der Waals surface area contributed by atoms with E-state index in [0.717, 1.165) is 30.4 Å². The highest BCUT2D eigenvalue weighted by Crippen LogP contribution is 2.22. The zero-order valence-electron chi connectivity index (χ0n) is 27.1. The first-order valence-corrected chi connectivity index (χ1v) is 20.0. The van der Waals surface area contributed by atoms with E-state index in [1.54, 1.807) is 12.1 Å². The number of unbranched alkanes of at least 4 members (excludes halogenated alkanes) is 18. The topological polar surface area (TPSA) is 54.4 Å². The first kappa shape index (κ1) is 37.6. The van der Waals surface area contributed by atoms with Gasteiger partial charge in [0.2, 0.25) is 0 Å². The summed E-state index contributed by atoms with van der Waals surface area (Å²) in [6.45, 7) is 2.46. The Morgan fingerprint density at radius 1 is 0.558 bits per heavy atom. The molecule has 0 fully saturated rings. The van der Waals surface area contributed by atoms with Crippen molar-refractivity contribution in [2.24, 2.45) is 0 Å². The number of hydrogen-bond donors (Lipinski definition) is 1. The van der Waals surface area contributed by atoms with E-state index in [0.29, 0.717) is 11.3 Å². The third kappa shape index (κ3) is 18.8. The van der Waals surface area contributed by atoms with Gasteiger partial charge in [0.25, 0.3) is 0 Å². The van der Waals surface area contributed by atoms with E-state index < -0.39 is 9.84 Å². The minimum atomic E-state index is -3.25. The molecule has 0 atom stereocenters. The molecule has 2 aromatic rings. The Hall–Kier alpha value is -1.56. The second-order valence-corrected chi connectivity index (χ2v) is 15.4. The summed E-state index contributed by atoms with van der Waals surface area (Å²) >= 11 is 1.95. The van der Waals surface area contributed by atoms with E-state index in [1.165, 1.54) is 113 Å². The van der Waals surface area contributed by atoms with Crippen LogP contribution in [0.5, 0.6) is 0 Å². The standard InChI is InChI=1S/C38H60O3S2/c1-2-3-4-5-6-7-8-9-10-11-12-13-14-15-17-20-33-42-37-28-24-35(25-29-37)22-23-36-26-30-38(31-27-36)43(40,41)34-21-18-16-19-32-39/h22-31,39H,2-21,32-34H2,1H3. The Labute approximate surface area is 269 Å². The lowest BCUT2D eigenvalue weighted by molar-refractivity contribution is 0.283. The number of aliphatic hydroxyl groups excluding tert-OH is 1. The summed E-state index contributed by atoms with van der Waals surface area (Å²) < 4.78 is 25.1. The second kappa shape index (κ2) is 24.7. The van der Waals surface area contributed by atoms with E-state index >= 15 is 0 Å². The molecule has 0 amide bonds. The molecule has 2 aromatic carbocycles. The molecule has 0 saturated carbocycles. The zero-order valence-corrected chi connectivity index (χ0v) is 28.8. The summed E-state index contributed by atoms with van der Waals surface area (Å²) in [5.41, 5.74) is 2.13. The van der Waals surface area contributed by atoms with E-state index in [1.807, 2.05) is 30.0 Å². The molecule has 0 heterocycles. The molecule has 0 aliphatic heterocycles. The highest BCUT2D eigenvalue weighted by Gasteiger charge is 2.13. The van der Waals surface area contributed by atoms with Gasteiger partial charge < -0.3 is 5.11 Å². The summed E-state index contributed by atoms with van der Waals surface area (Å²) in [5.74, 6) is 1.35. The minimum absolute atomic E-state index is 0.164. The predicted molar refractivity (Wildman–Crippen MR) is 190 cm³/mol. The molecule has 2 rings (SSSR count). The molecular formula is C38H60O3S2. The average Bonchev–Trinajstić information content (AvgIpc) is 3.02. The molecule has 0 aliphatic carbocycles. The van der Waals surface area contributed by atoms with Gasteiger partial charge in [0, 0.05) is 11.5 Å². The fraction of sp³-hybridized carbons (Fsp3) is 0.632. The van der Waals surface area contributed by atoms with Crippen LogP contribution in [-0.4, -0.2) is 31.6 Å². The SMILES string of the molecule is CCCCCCCCCCCCCCCCCCSc1ccc(C=Cc2ccc(S(=O)(=O)CCCCCCO)cc2)cc1. The molecular weight excluding hydrogens is 569 g/mol. The summed E-state index contributed by atoms with van der Waals surface area (Å²) in [7, 11) is -3.25. The van der Waals surface area contributed by atoms with Gasteiger partial charge in [-0.1, -0.05) is 152 Å². The smallest absolute Gasteiger partial charge is 0.178 e. The number of sulfone groups is 1. The van der Waals surface area contributed by atoms with Crippen molar-refractivity contribution < 1.29 is 13.5 Å². The lowest BCUT2D eigenvalue weighted by Crippen LogP contribution is -2.06. The monoisotopic (exact) mass is 628 g/mol. The molecule has 0 spiro atoms. The van der Waals surface area contributed by atoms with Crippen LogP contribution in [0.4, 0.5) is 0 Å². The predicted octanol–water partition coefficient (Wildman–Crippen LogP) is 11.5. The maximum absolute atomic E-state index is 12.6. The van der Waals surface area contributed by atoms with Crippen LogP contribution in [0.1, 0.15) is 146 Å². The van der Waals surface area contributed by atoms with Crippen molar-refractivity contribution in [3.8, 4) is 0 Å². The largest absolute Gasteiger partial charge is 0.396 e. The van der Waals surface area contributed by atoms with Crippen molar-refractivity contribution >= 4 is 33.8 Å². The Morgan fingerprint density at radius 3 is 1.47 bits per heavy atom. The molecule has 1 N–H and O–H groups in total. The third-order valence-corrected chi connectivity index (χ3v) is 11.1. The summed E-state index contributed by atoms with van der Waals surface area (Å²) in [6, 6.07) is 15.9. The van der Waals surface area contributed by atoms with Gasteiger partial charge in [0.1, 0.15) is 0 Å². The van der Waals surface area contributed by atoms with Gasteiger partial charge in [0.15, 0.2) is 9.84 Å². The quantitative estimate of drug-likeness (QED) is 0.0607. The van der Waals surface area contributed by atoms with Gasteiger partial charge >= 0.3 is 0 Å². The fourth-order valence-corrected chi connectivity index (χ4v) is 7.65. The lowest BCUT2D eigenvalue weighted by Gasteiger charge is -2.05. The third-order valence-electron chi connectivity index (χ3n) is 8.18. The summed E-state index contributed by atoms with van der Waals surface area (Å²) in [5, 5.41) is 8.85. The number of benzene rings is 2. The van der Waals surface area contributed by atoms with Crippen LogP contribution in [0.2, 0.25) is 0 Å². The van der Waals surface area contributed by atoms with E-state index in [4.69, 9.17) is 5.11 Å². The van der Waals surface area contributed by atoms with Crippen LogP contribution in [-0.2, 0) is 9.84 Å². The summed E-state index contributed by atoms with van der Waals surface area (Å²) in [6.07, 6.45) is 29.7. The number of hydrogen-bond acceptors (Lipinski definition) is 4. The molecule has 0 bridgehead atoms. The van der Waals surface area contributed by atoms with Crippen molar-refractivity contribution in [1.82, 2.24) is 0 Å². The van der Waals surface area contributed by atoms with Crippen LogP contribution in [0.3, 0.4) is 0 Å². The first-order valence-electron chi connectivity index (χ1n) is 17.4. The maximum Gasteiger partial charge on any atom is 0.178 e. The van der Waals surface area contributed by atoms with E-state index in [9.17, 15) is 8.42 Å². The molecule has 0 saturated heterocycles. The normalized spacial score (nSPS) is 12.0. The van der Waals surface area contributed by atoms with Crippen molar-refractivity contribution in [3.63, 3.8) is 0 Å². The molecule has 0 unspecified atom stereocenters. The number of thioether (sulfide) groups is 1. The molecule has 0 radical (unpaired) electrons. The van der Waals surface area contributed by atoms with E-state index in [2.05, 4.69) is 37.3 Å². The average molecular weight is 629 g/mol. The van der Waals surface area contributed by atoms with E-state index in [-0.39, 0.29) is 12.4 Å². The number of rotatable bonds is 27. The van der Waals surface area contributed by atoms with Gasteiger partial charge in [-0.05, 0) is 60.4 Å². The molecule has 5 heteroatoms. The van der Waals surface area contributed by atoms with Crippen molar-refractivity contribution in [2.45, 2.75) is 145 Å². The maximum atomic E-state index is 12.6. The van der Waals surface area contributed by atoms with Crippen molar-refractivity contribution in [3.05, 3.63) is 59.7 Å². The van der Waals surface area contributed by atoms with Crippen LogP contribution in [0.25, 0.3) is 12.2 Å². The Bertz CT molecular complexity index is 1060. The van der Waals surface area contributed by atoms with Crippen molar-refractivity contribution in [2.75, 3.05) is 18.1 Å². The lowest BCUT2D eigenvalue weighted by atomic mass is 10.0. The van der Waals surface area contributed by atoms with Gasteiger partial charge in [-0.15, -0.1) is 11.8 Å². The Kier molecular flexibility index (Phi) is 21.6. The highest BCUT2D eigenvalue weighted by atomic mass is 32.2. The van der Waals surface area contributed by atoms with Gasteiger partial charge in [-0.3, -0.25) is 0 Å². The first-order chi connectivity index (χ1) is 21.0. The van der Waals surface area contributed by atoms with Gasteiger partial charge in [-0.25, -0.2) is 8.42 Å². The molecule has 242 valence electrons. The fourth-order valence-electron chi connectivity index (χ4n) is 5.37.